The van der Waals surface area contributed by atoms with E-state index >= 15 is 0 Å². The molecule has 0 saturated carbocycles. The number of carbonyl (C=O) groups excluding carboxylic acids is 2. The minimum atomic E-state index is -0.593. The number of amides is 1. The van der Waals surface area contributed by atoms with Crippen LogP contribution in [0.1, 0.15) is 10.4 Å². The summed E-state index contributed by atoms with van der Waals surface area (Å²) in [5.41, 5.74) is 3.11. The molecule has 1 amide bonds. The zero-order valence-corrected chi connectivity index (χ0v) is 20.9. The van der Waals surface area contributed by atoms with Crippen molar-refractivity contribution in [2.24, 2.45) is 0 Å². The van der Waals surface area contributed by atoms with Crippen LogP contribution in [0.5, 0.6) is 5.75 Å². The largest absolute Gasteiger partial charge is 0.497 e. The molecular formula is C29H21BrN2O4. The highest BCUT2D eigenvalue weighted by Crippen LogP contribution is 2.29. The van der Waals surface area contributed by atoms with Gasteiger partial charge in [0.1, 0.15) is 5.75 Å². The Morgan fingerprint density at radius 3 is 2.53 bits per heavy atom. The number of carbonyl (C=O) groups is 2. The van der Waals surface area contributed by atoms with E-state index in [9.17, 15) is 9.59 Å². The molecule has 7 heteroatoms. The monoisotopic (exact) mass is 540 g/mol. The SMILES string of the molecule is COc1ccc2cc(-c3cc(C(=O)OCC(=O)Nc4cccc(Br)c4)c4ccccc4n3)ccc2c1. The lowest BCUT2D eigenvalue weighted by Crippen LogP contribution is -2.21. The van der Waals surface area contributed by atoms with Crippen molar-refractivity contribution < 1.29 is 19.1 Å². The molecule has 36 heavy (non-hydrogen) atoms. The van der Waals surface area contributed by atoms with Gasteiger partial charge in [0.15, 0.2) is 6.61 Å². The third kappa shape index (κ3) is 5.06. The number of rotatable bonds is 6. The van der Waals surface area contributed by atoms with E-state index in [1.165, 1.54) is 0 Å². The Bertz CT molecular complexity index is 1620. The molecule has 6 nitrogen and oxygen atoms in total. The molecule has 1 N–H and O–H groups in total. The van der Waals surface area contributed by atoms with Gasteiger partial charge in [0.05, 0.1) is 23.9 Å². The summed E-state index contributed by atoms with van der Waals surface area (Å²) in [6.07, 6.45) is 0. The number of halogens is 1. The van der Waals surface area contributed by atoms with E-state index in [0.717, 1.165) is 26.6 Å². The van der Waals surface area contributed by atoms with Crippen LogP contribution in [0.2, 0.25) is 0 Å². The molecule has 0 saturated heterocycles. The lowest BCUT2D eigenvalue weighted by Gasteiger charge is -2.11. The van der Waals surface area contributed by atoms with Crippen molar-refractivity contribution in [2.75, 3.05) is 19.0 Å². The third-order valence-electron chi connectivity index (χ3n) is 5.72. The lowest BCUT2D eigenvalue weighted by molar-refractivity contribution is -0.119. The first kappa shape index (κ1) is 23.5. The number of nitrogens with zero attached hydrogens (tertiary/aromatic N) is 1. The van der Waals surface area contributed by atoms with E-state index in [0.29, 0.717) is 27.8 Å². The van der Waals surface area contributed by atoms with Gasteiger partial charge in [0, 0.05) is 21.1 Å². The van der Waals surface area contributed by atoms with Gasteiger partial charge in [-0.2, -0.15) is 0 Å². The Labute approximate surface area is 216 Å². The minimum absolute atomic E-state index is 0.348. The average Bonchev–Trinajstić information content (AvgIpc) is 2.90. The molecule has 0 radical (unpaired) electrons. The lowest BCUT2D eigenvalue weighted by atomic mass is 10.0. The number of hydrogen-bond acceptors (Lipinski definition) is 5. The van der Waals surface area contributed by atoms with Gasteiger partial charge < -0.3 is 14.8 Å². The van der Waals surface area contributed by atoms with E-state index in [2.05, 4.69) is 21.2 Å². The number of aromatic nitrogens is 1. The fourth-order valence-corrected chi connectivity index (χ4v) is 4.37. The average molecular weight is 541 g/mol. The van der Waals surface area contributed by atoms with Crippen LogP contribution in [-0.2, 0) is 9.53 Å². The normalized spacial score (nSPS) is 10.8. The standard InChI is InChI=1S/C29H21BrN2O4/c1-35-23-12-11-18-13-20(10-9-19(18)14-23)27-16-25(24-7-2-3-8-26(24)32-27)29(34)36-17-28(33)31-22-6-4-5-21(30)15-22/h2-16H,17H2,1H3,(H,31,33). The first-order valence-corrected chi connectivity index (χ1v) is 12.0. The number of anilines is 1. The molecule has 0 aliphatic heterocycles. The maximum atomic E-state index is 13.1. The van der Waals surface area contributed by atoms with E-state index < -0.39 is 18.5 Å². The van der Waals surface area contributed by atoms with E-state index in [-0.39, 0.29) is 0 Å². The second kappa shape index (κ2) is 10.2. The number of nitrogens with one attached hydrogen (secondary N) is 1. The Hall–Kier alpha value is -4.23. The van der Waals surface area contributed by atoms with E-state index in [1.807, 2.05) is 66.7 Å². The van der Waals surface area contributed by atoms with Crippen molar-refractivity contribution in [1.82, 2.24) is 4.98 Å². The van der Waals surface area contributed by atoms with E-state index in [4.69, 9.17) is 14.5 Å². The fourth-order valence-electron chi connectivity index (χ4n) is 3.97. The van der Waals surface area contributed by atoms with Gasteiger partial charge in [-0.1, -0.05) is 58.4 Å². The molecule has 1 aromatic heterocycles. The Morgan fingerprint density at radius 2 is 1.69 bits per heavy atom. The molecule has 0 unspecified atom stereocenters. The van der Waals surface area contributed by atoms with Crippen molar-refractivity contribution in [2.45, 2.75) is 0 Å². The van der Waals surface area contributed by atoms with Crippen molar-refractivity contribution in [3.63, 3.8) is 0 Å². The molecule has 0 aliphatic rings. The van der Waals surface area contributed by atoms with Crippen LogP contribution in [-0.4, -0.2) is 30.6 Å². The van der Waals surface area contributed by atoms with Crippen molar-refractivity contribution in [3.05, 3.63) is 101 Å². The quantitative estimate of drug-likeness (QED) is 0.245. The molecule has 4 aromatic carbocycles. The predicted molar refractivity (Wildman–Crippen MR) is 144 cm³/mol. The number of para-hydroxylation sites is 1. The van der Waals surface area contributed by atoms with Crippen LogP contribution < -0.4 is 10.1 Å². The van der Waals surface area contributed by atoms with Crippen molar-refractivity contribution >= 4 is 55.2 Å². The molecule has 178 valence electrons. The van der Waals surface area contributed by atoms with Gasteiger partial charge in [-0.25, -0.2) is 9.78 Å². The maximum Gasteiger partial charge on any atom is 0.339 e. The maximum absolute atomic E-state index is 13.1. The number of ether oxygens (including phenoxy) is 2. The summed E-state index contributed by atoms with van der Waals surface area (Å²) in [5, 5.41) is 5.44. The zero-order chi connectivity index (χ0) is 25.1. The summed E-state index contributed by atoms with van der Waals surface area (Å²) in [6, 6.07) is 28.1. The van der Waals surface area contributed by atoms with Crippen LogP contribution >= 0.6 is 15.9 Å². The van der Waals surface area contributed by atoms with Gasteiger partial charge in [-0.15, -0.1) is 0 Å². The number of benzene rings is 4. The molecule has 5 aromatic rings. The van der Waals surface area contributed by atoms with Crippen molar-refractivity contribution in [3.8, 4) is 17.0 Å². The molecule has 1 heterocycles. The van der Waals surface area contributed by atoms with Crippen LogP contribution in [0.4, 0.5) is 5.69 Å². The van der Waals surface area contributed by atoms with Crippen LogP contribution in [0.3, 0.4) is 0 Å². The Balaban J connectivity index is 1.42. The van der Waals surface area contributed by atoms with Gasteiger partial charge in [-0.05, 0) is 59.3 Å². The summed E-state index contributed by atoms with van der Waals surface area (Å²) in [6.45, 7) is -0.408. The molecule has 5 rings (SSSR count). The molecule has 0 atom stereocenters. The Kier molecular flexibility index (Phi) is 6.64. The number of hydrogen-bond donors (Lipinski definition) is 1. The first-order chi connectivity index (χ1) is 17.5. The summed E-state index contributed by atoms with van der Waals surface area (Å²) in [7, 11) is 1.64. The van der Waals surface area contributed by atoms with Crippen LogP contribution in [0.25, 0.3) is 32.9 Å². The topological polar surface area (TPSA) is 77.5 Å². The fraction of sp³-hybridized carbons (Fsp3) is 0.0690. The molecule has 0 bridgehead atoms. The number of pyridine rings is 1. The van der Waals surface area contributed by atoms with E-state index in [1.54, 1.807) is 31.4 Å². The summed E-state index contributed by atoms with van der Waals surface area (Å²) >= 11 is 3.37. The predicted octanol–water partition coefficient (Wildman–Crippen LogP) is 6.62. The van der Waals surface area contributed by atoms with Crippen LogP contribution in [0.15, 0.2) is 95.5 Å². The van der Waals surface area contributed by atoms with Gasteiger partial charge in [0.25, 0.3) is 5.91 Å². The zero-order valence-electron chi connectivity index (χ0n) is 19.3. The molecule has 0 fully saturated rings. The van der Waals surface area contributed by atoms with Gasteiger partial charge in [0.2, 0.25) is 0 Å². The van der Waals surface area contributed by atoms with Gasteiger partial charge >= 0.3 is 5.97 Å². The second-order valence-electron chi connectivity index (χ2n) is 8.13. The summed E-state index contributed by atoms with van der Waals surface area (Å²) in [4.78, 5) is 30.2. The minimum Gasteiger partial charge on any atom is -0.497 e. The highest BCUT2D eigenvalue weighted by Gasteiger charge is 2.17. The second-order valence-corrected chi connectivity index (χ2v) is 9.05. The molecule has 0 aliphatic carbocycles. The summed E-state index contributed by atoms with van der Waals surface area (Å²) in [5.74, 6) is -0.234. The highest BCUT2D eigenvalue weighted by atomic mass is 79.9. The highest BCUT2D eigenvalue weighted by molar-refractivity contribution is 9.10. The first-order valence-electron chi connectivity index (χ1n) is 11.2. The summed E-state index contributed by atoms with van der Waals surface area (Å²) < 4.78 is 11.5. The van der Waals surface area contributed by atoms with Crippen LogP contribution in [0, 0.1) is 0 Å². The number of esters is 1. The van der Waals surface area contributed by atoms with Crippen molar-refractivity contribution in [1.29, 1.82) is 0 Å². The number of fused-ring (bicyclic) bond motifs is 2. The van der Waals surface area contributed by atoms with Gasteiger partial charge in [-0.3, -0.25) is 4.79 Å². The third-order valence-corrected chi connectivity index (χ3v) is 6.22. The Morgan fingerprint density at radius 1 is 0.889 bits per heavy atom. The molecular weight excluding hydrogens is 520 g/mol. The molecule has 0 spiro atoms. The smallest absolute Gasteiger partial charge is 0.339 e. The number of methoxy groups -OCH3 is 1.